The number of esters is 1. The maximum Gasteiger partial charge on any atom is 0.305 e. The SMILES string of the molecule is CCCCC/C=C\CCCCCCCC(=O)OCCCCCCCCCCCCCC/C=C\CCCCCCCCCCCCCCCCC(=O)NC(CO)C(O)/C=C/CCCCCCCCCCCCCCCCCCCCCCCCC. The molecular formula is C78H149NO5. The number of aliphatic hydroxyl groups is 2. The van der Waals surface area contributed by atoms with E-state index in [1.165, 1.54) is 353 Å². The molecule has 0 saturated heterocycles. The first-order valence-corrected chi connectivity index (χ1v) is 38.3. The number of amides is 1. The van der Waals surface area contributed by atoms with E-state index < -0.39 is 12.1 Å². The Morgan fingerprint density at radius 1 is 0.321 bits per heavy atom. The van der Waals surface area contributed by atoms with Crippen molar-refractivity contribution in [3.05, 3.63) is 36.5 Å². The van der Waals surface area contributed by atoms with E-state index in [4.69, 9.17) is 4.74 Å². The Morgan fingerprint density at radius 2 is 0.560 bits per heavy atom. The fourth-order valence-corrected chi connectivity index (χ4v) is 12.0. The van der Waals surface area contributed by atoms with E-state index in [2.05, 4.69) is 43.5 Å². The molecule has 0 aliphatic carbocycles. The molecule has 3 N–H and O–H groups in total. The van der Waals surface area contributed by atoms with Crippen molar-refractivity contribution in [3.63, 3.8) is 0 Å². The zero-order chi connectivity index (χ0) is 60.6. The number of hydrogen-bond donors (Lipinski definition) is 3. The lowest BCUT2D eigenvalue weighted by Gasteiger charge is -2.20. The van der Waals surface area contributed by atoms with Gasteiger partial charge in [0.25, 0.3) is 0 Å². The van der Waals surface area contributed by atoms with Gasteiger partial charge in [-0.1, -0.05) is 365 Å². The summed E-state index contributed by atoms with van der Waals surface area (Å²) in [4.78, 5) is 24.6. The highest BCUT2D eigenvalue weighted by Crippen LogP contribution is 2.19. The molecule has 0 fully saturated rings. The van der Waals surface area contributed by atoms with Crippen LogP contribution in [0.2, 0.25) is 0 Å². The van der Waals surface area contributed by atoms with Gasteiger partial charge in [-0.2, -0.15) is 0 Å². The predicted octanol–water partition coefficient (Wildman–Crippen LogP) is 25.0. The summed E-state index contributed by atoms with van der Waals surface area (Å²) in [6.07, 6.45) is 95.4. The van der Waals surface area contributed by atoms with Gasteiger partial charge in [0.2, 0.25) is 5.91 Å². The molecule has 0 aromatic carbocycles. The Labute approximate surface area is 525 Å². The number of unbranched alkanes of at least 4 members (excludes halogenated alkanes) is 57. The summed E-state index contributed by atoms with van der Waals surface area (Å²) in [5.74, 6) is -0.0545. The van der Waals surface area contributed by atoms with Crippen molar-refractivity contribution in [2.75, 3.05) is 13.2 Å². The second-order valence-corrected chi connectivity index (χ2v) is 26.3. The molecule has 0 aliphatic heterocycles. The van der Waals surface area contributed by atoms with Gasteiger partial charge in [0.15, 0.2) is 0 Å². The second kappa shape index (κ2) is 73.5. The van der Waals surface area contributed by atoms with E-state index in [9.17, 15) is 19.8 Å². The molecule has 1 amide bonds. The van der Waals surface area contributed by atoms with E-state index in [0.717, 1.165) is 44.9 Å². The number of allylic oxidation sites excluding steroid dienone is 5. The van der Waals surface area contributed by atoms with E-state index in [1.807, 2.05) is 6.08 Å². The summed E-state index contributed by atoms with van der Waals surface area (Å²) in [6, 6.07) is -0.629. The molecule has 2 unspecified atom stereocenters. The van der Waals surface area contributed by atoms with Crippen LogP contribution in [0.15, 0.2) is 36.5 Å². The average Bonchev–Trinajstić information content (AvgIpc) is 3.51. The standard InChI is InChI=1S/C78H149NO5/c1-3-5-7-9-11-13-15-17-18-19-20-21-22-29-32-35-38-41-44-47-50-54-58-62-66-70-76(81)75(74-80)79-77(82)71-67-63-59-55-51-48-45-42-39-36-33-30-27-25-23-24-26-28-31-34-37-40-43-46-49-53-57-61-65-69-73-84-78(83)72-68-64-60-56-52-16-14-12-10-8-6-4-2/h12,14,24,26,66,70,75-76,80-81H,3-11,13,15-23,25,27-65,67-69,71-74H2,1-2H3,(H,79,82)/b14-12-,26-24-,70-66+. The van der Waals surface area contributed by atoms with Crippen molar-refractivity contribution in [2.45, 2.75) is 437 Å². The topological polar surface area (TPSA) is 95.9 Å². The number of hydrogen-bond acceptors (Lipinski definition) is 5. The van der Waals surface area contributed by atoms with Crippen molar-refractivity contribution in [2.24, 2.45) is 0 Å². The van der Waals surface area contributed by atoms with E-state index in [1.54, 1.807) is 6.08 Å². The van der Waals surface area contributed by atoms with Gasteiger partial charge in [0.05, 0.1) is 25.4 Å². The number of rotatable bonds is 72. The van der Waals surface area contributed by atoms with Crippen LogP contribution in [0.3, 0.4) is 0 Å². The fraction of sp³-hybridized carbons (Fsp3) is 0.897. The number of carbonyl (C=O) groups excluding carboxylic acids is 2. The van der Waals surface area contributed by atoms with Crippen LogP contribution in [0.25, 0.3) is 0 Å². The van der Waals surface area contributed by atoms with Crippen molar-refractivity contribution in [1.29, 1.82) is 0 Å². The summed E-state index contributed by atoms with van der Waals surface area (Å²) in [7, 11) is 0. The first-order valence-electron chi connectivity index (χ1n) is 38.3. The lowest BCUT2D eigenvalue weighted by atomic mass is 10.0. The van der Waals surface area contributed by atoms with Gasteiger partial charge in [-0.05, 0) is 83.5 Å². The van der Waals surface area contributed by atoms with Crippen LogP contribution in [0.4, 0.5) is 0 Å². The highest BCUT2D eigenvalue weighted by molar-refractivity contribution is 5.76. The van der Waals surface area contributed by atoms with Crippen LogP contribution < -0.4 is 5.32 Å². The molecule has 0 radical (unpaired) electrons. The van der Waals surface area contributed by atoms with Crippen molar-refractivity contribution in [1.82, 2.24) is 5.32 Å². The summed E-state index contributed by atoms with van der Waals surface area (Å²) in [5, 5.41) is 23.3. The third kappa shape index (κ3) is 69.2. The lowest BCUT2D eigenvalue weighted by molar-refractivity contribution is -0.143. The van der Waals surface area contributed by atoms with Gasteiger partial charge in [0.1, 0.15) is 0 Å². The Hall–Kier alpha value is -1.92. The van der Waals surface area contributed by atoms with Crippen LogP contribution >= 0.6 is 0 Å². The van der Waals surface area contributed by atoms with Crippen LogP contribution in [0.1, 0.15) is 425 Å². The van der Waals surface area contributed by atoms with E-state index in [-0.39, 0.29) is 18.5 Å². The van der Waals surface area contributed by atoms with Crippen molar-refractivity contribution < 1.29 is 24.5 Å². The molecule has 0 aromatic heterocycles. The molecule has 0 aliphatic rings. The molecule has 0 saturated carbocycles. The van der Waals surface area contributed by atoms with Gasteiger partial charge >= 0.3 is 5.97 Å². The van der Waals surface area contributed by atoms with E-state index >= 15 is 0 Å². The average molecular weight is 1180 g/mol. The molecule has 0 bridgehead atoms. The molecule has 6 heteroatoms. The van der Waals surface area contributed by atoms with Crippen molar-refractivity contribution in [3.8, 4) is 0 Å². The van der Waals surface area contributed by atoms with Crippen LogP contribution in [0.5, 0.6) is 0 Å². The minimum absolute atomic E-state index is 0.00722. The van der Waals surface area contributed by atoms with Crippen LogP contribution in [0, 0.1) is 0 Å². The summed E-state index contributed by atoms with van der Waals surface area (Å²) >= 11 is 0. The van der Waals surface area contributed by atoms with Gasteiger partial charge < -0.3 is 20.3 Å². The first-order chi connectivity index (χ1) is 41.5. The van der Waals surface area contributed by atoms with Crippen molar-refractivity contribution >= 4 is 11.9 Å². The summed E-state index contributed by atoms with van der Waals surface area (Å²) < 4.78 is 5.48. The molecule has 84 heavy (non-hydrogen) atoms. The smallest absolute Gasteiger partial charge is 0.305 e. The minimum atomic E-state index is -0.845. The first kappa shape index (κ1) is 82.1. The zero-order valence-electron chi connectivity index (χ0n) is 56.9. The fourth-order valence-electron chi connectivity index (χ4n) is 12.0. The van der Waals surface area contributed by atoms with Gasteiger partial charge in [-0.3, -0.25) is 9.59 Å². The maximum atomic E-state index is 12.6. The third-order valence-electron chi connectivity index (χ3n) is 17.9. The Morgan fingerprint density at radius 3 is 0.869 bits per heavy atom. The number of aliphatic hydroxyl groups excluding tert-OH is 2. The number of nitrogens with one attached hydrogen (secondary N) is 1. The maximum absolute atomic E-state index is 12.6. The highest BCUT2D eigenvalue weighted by atomic mass is 16.5. The zero-order valence-corrected chi connectivity index (χ0v) is 56.9. The molecule has 0 heterocycles. The van der Waals surface area contributed by atoms with Crippen LogP contribution in [-0.4, -0.2) is 47.4 Å². The Bertz CT molecular complexity index is 1360. The number of carbonyl (C=O) groups is 2. The molecule has 2 atom stereocenters. The lowest BCUT2D eigenvalue weighted by Crippen LogP contribution is -2.45. The van der Waals surface area contributed by atoms with Crippen LogP contribution in [-0.2, 0) is 14.3 Å². The molecule has 0 aromatic rings. The summed E-state index contributed by atoms with van der Waals surface area (Å²) in [6.45, 7) is 4.92. The molecule has 0 rings (SSSR count). The number of ether oxygens (including phenoxy) is 1. The van der Waals surface area contributed by atoms with Gasteiger partial charge in [-0.25, -0.2) is 0 Å². The highest BCUT2D eigenvalue weighted by Gasteiger charge is 2.18. The van der Waals surface area contributed by atoms with Gasteiger partial charge in [0, 0.05) is 12.8 Å². The van der Waals surface area contributed by atoms with E-state index in [0.29, 0.717) is 19.4 Å². The molecule has 6 nitrogen and oxygen atoms in total. The normalized spacial score (nSPS) is 12.7. The van der Waals surface area contributed by atoms with Gasteiger partial charge in [-0.15, -0.1) is 0 Å². The molecule has 496 valence electrons. The predicted molar refractivity (Wildman–Crippen MR) is 370 cm³/mol. The Kier molecular flexibility index (Phi) is 71.9. The Balaban J connectivity index is 3.40. The summed E-state index contributed by atoms with van der Waals surface area (Å²) in [5.41, 5.74) is 0. The minimum Gasteiger partial charge on any atom is -0.466 e. The molecule has 0 spiro atoms. The monoisotopic (exact) mass is 1180 g/mol. The third-order valence-corrected chi connectivity index (χ3v) is 17.9. The molecular weight excluding hydrogens is 1030 g/mol. The second-order valence-electron chi connectivity index (χ2n) is 26.3. The quantitative estimate of drug-likeness (QED) is 0.0320. The largest absolute Gasteiger partial charge is 0.466 e.